The lowest BCUT2D eigenvalue weighted by molar-refractivity contribution is 0.117. The minimum atomic E-state index is -3.57. The van der Waals surface area contributed by atoms with Crippen LogP contribution in [-0.4, -0.2) is 39.5 Å². The van der Waals surface area contributed by atoms with E-state index in [0.29, 0.717) is 24.8 Å². The van der Waals surface area contributed by atoms with E-state index < -0.39 is 10.0 Å². The second-order valence-corrected chi connectivity index (χ2v) is 7.83. The molecule has 0 aromatic heterocycles. The summed E-state index contributed by atoms with van der Waals surface area (Å²) in [6.45, 7) is 5.28. The van der Waals surface area contributed by atoms with E-state index in [1.54, 1.807) is 19.2 Å². The van der Waals surface area contributed by atoms with Crippen LogP contribution in [0.5, 0.6) is 0 Å². The minimum Gasteiger partial charge on any atom is -0.398 e. The van der Waals surface area contributed by atoms with Crippen LogP contribution in [0.15, 0.2) is 17.0 Å². The SMILES string of the molecule is Cc1cc(N)c(S(=O)(=O)N(C)CCOCC2CC2)cc1C. The summed E-state index contributed by atoms with van der Waals surface area (Å²) >= 11 is 0. The zero-order valence-electron chi connectivity index (χ0n) is 12.9. The molecule has 0 bridgehead atoms. The average Bonchev–Trinajstić information content (AvgIpc) is 3.22. The first-order chi connectivity index (χ1) is 9.82. The molecule has 2 rings (SSSR count). The average molecular weight is 312 g/mol. The van der Waals surface area contributed by atoms with Gasteiger partial charge in [0.15, 0.2) is 0 Å². The van der Waals surface area contributed by atoms with Crippen LogP contribution in [-0.2, 0) is 14.8 Å². The third-order valence-electron chi connectivity index (χ3n) is 3.92. The molecule has 0 radical (unpaired) electrons. The van der Waals surface area contributed by atoms with Gasteiger partial charge in [0.05, 0.1) is 12.3 Å². The number of sulfonamides is 1. The third-order valence-corrected chi connectivity index (χ3v) is 5.83. The number of hydrogen-bond donors (Lipinski definition) is 1. The number of likely N-dealkylation sites (N-methyl/N-ethyl adjacent to an activating group) is 1. The molecular weight excluding hydrogens is 288 g/mol. The molecule has 1 fully saturated rings. The smallest absolute Gasteiger partial charge is 0.244 e. The monoisotopic (exact) mass is 312 g/mol. The van der Waals surface area contributed by atoms with Crippen LogP contribution < -0.4 is 5.73 Å². The Morgan fingerprint density at radius 2 is 1.90 bits per heavy atom. The molecule has 21 heavy (non-hydrogen) atoms. The molecule has 0 aliphatic heterocycles. The van der Waals surface area contributed by atoms with Gasteiger partial charge in [-0.3, -0.25) is 0 Å². The van der Waals surface area contributed by atoms with Gasteiger partial charge in [-0.1, -0.05) is 0 Å². The van der Waals surface area contributed by atoms with Gasteiger partial charge >= 0.3 is 0 Å². The van der Waals surface area contributed by atoms with Crippen molar-refractivity contribution in [2.75, 3.05) is 32.5 Å². The fourth-order valence-corrected chi connectivity index (χ4v) is 3.38. The number of aryl methyl sites for hydroxylation is 2. The van der Waals surface area contributed by atoms with Crippen molar-refractivity contribution < 1.29 is 13.2 Å². The van der Waals surface area contributed by atoms with Gasteiger partial charge in [-0.25, -0.2) is 8.42 Å². The Labute approximate surface area is 127 Å². The van der Waals surface area contributed by atoms with Crippen LogP contribution in [0.25, 0.3) is 0 Å². The maximum Gasteiger partial charge on any atom is 0.244 e. The Morgan fingerprint density at radius 1 is 1.29 bits per heavy atom. The first-order valence-electron chi connectivity index (χ1n) is 7.23. The van der Waals surface area contributed by atoms with Crippen molar-refractivity contribution in [2.45, 2.75) is 31.6 Å². The zero-order chi connectivity index (χ0) is 15.6. The molecule has 0 saturated heterocycles. The maximum absolute atomic E-state index is 12.5. The molecule has 1 saturated carbocycles. The number of benzene rings is 1. The van der Waals surface area contributed by atoms with E-state index in [0.717, 1.165) is 17.7 Å². The Kier molecular flexibility index (Phi) is 4.91. The Balaban J connectivity index is 2.03. The van der Waals surface area contributed by atoms with Crippen LogP contribution >= 0.6 is 0 Å². The maximum atomic E-state index is 12.5. The molecule has 5 nitrogen and oxygen atoms in total. The highest BCUT2D eigenvalue weighted by Crippen LogP contribution is 2.29. The summed E-state index contributed by atoms with van der Waals surface area (Å²) in [5.41, 5.74) is 8.08. The number of ether oxygens (including phenoxy) is 1. The highest BCUT2D eigenvalue weighted by molar-refractivity contribution is 7.89. The van der Waals surface area contributed by atoms with E-state index in [1.807, 2.05) is 13.8 Å². The van der Waals surface area contributed by atoms with Crippen LogP contribution in [0.2, 0.25) is 0 Å². The van der Waals surface area contributed by atoms with Crippen LogP contribution in [0.1, 0.15) is 24.0 Å². The Hall–Kier alpha value is -1.11. The lowest BCUT2D eigenvalue weighted by Gasteiger charge is -2.19. The van der Waals surface area contributed by atoms with Gasteiger partial charge in [-0.15, -0.1) is 0 Å². The van der Waals surface area contributed by atoms with Crippen molar-refractivity contribution in [1.29, 1.82) is 0 Å². The quantitative estimate of drug-likeness (QED) is 0.617. The summed E-state index contributed by atoms with van der Waals surface area (Å²) in [5, 5.41) is 0. The molecule has 0 unspecified atom stereocenters. The van der Waals surface area contributed by atoms with E-state index >= 15 is 0 Å². The van der Waals surface area contributed by atoms with Gasteiger partial charge in [0, 0.05) is 20.2 Å². The topological polar surface area (TPSA) is 72.6 Å². The highest BCUT2D eigenvalue weighted by Gasteiger charge is 2.24. The van der Waals surface area contributed by atoms with Gasteiger partial charge in [-0.05, 0) is 55.9 Å². The molecule has 0 spiro atoms. The zero-order valence-corrected chi connectivity index (χ0v) is 13.7. The molecule has 1 aromatic carbocycles. The summed E-state index contributed by atoms with van der Waals surface area (Å²) in [6, 6.07) is 3.35. The fraction of sp³-hybridized carbons (Fsp3) is 0.600. The first kappa shape index (κ1) is 16.3. The van der Waals surface area contributed by atoms with Gasteiger partial charge < -0.3 is 10.5 Å². The molecule has 1 aliphatic rings. The highest BCUT2D eigenvalue weighted by atomic mass is 32.2. The summed E-state index contributed by atoms with van der Waals surface area (Å²) < 4.78 is 31.9. The summed E-state index contributed by atoms with van der Waals surface area (Å²) in [7, 11) is -2.01. The van der Waals surface area contributed by atoms with Crippen LogP contribution in [0.4, 0.5) is 5.69 Å². The van der Waals surface area contributed by atoms with Crippen LogP contribution in [0, 0.1) is 19.8 Å². The molecular formula is C15H24N2O3S. The number of anilines is 1. The summed E-state index contributed by atoms with van der Waals surface area (Å²) in [4.78, 5) is 0.176. The van der Waals surface area contributed by atoms with E-state index in [-0.39, 0.29) is 4.90 Å². The van der Waals surface area contributed by atoms with E-state index in [2.05, 4.69) is 0 Å². The molecule has 118 valence electrons. The number of hydrogen-bond acceptors (Lipinski definition) is 4. The summed E-state index contributed by atoms with van der Waals surface area (Å²) in [5.74, 6) is 0.683. The van der Waals surface area contributed by atoms with Crippen molar-refractivity contribution in [3.05, 3.63) is 23.3 Å². The van der Waals surface area contributed by atoms with Crippen molar-refractivity contribution in [3.63, 3.8) is 0 Å². The predicted molar refractivity (Wildman–Crippen MR) is 83.7 cm³/mol. The van der Waals surface area contributed by atoms with Gasteiger partial charge in [-0.2, -0.15) is 4.31 Å². The van der Waals surface area contributed by atoms with E-state index in [4.69, 9.17) is 10.5 Å². The number of nitrogens with two attached hydrogens (primary N) is 1. The molecule has 6 heteroatoms. The number of nitrogen functional groups attached to an aromatic ring is 1. The molecule has 0 heterocycles. The van der Waals surface area contributed by atoms with Crippen molar-refractivity contribution in [2.24, 2.45) is 5.92 Å². The first-order valence-corrected chi connectivity index (χ1v) is 8.67. The second kappa shape index (κ2) is 6.34. The number of rotatable bonds is 7. The van der Waals surface area contributed by atoms with Crippen LogP contribution in [0.3, 0.4) is 0 Å². The van der Waals surface area contributed by atoms with Crippen molar-refractivity contribution >= 4 is 15.7 Å². The molecule has 0 atom stereocenters. The molecule has 2 N–H and O–H groups in total. The van der Waals surface area contributed by atoms with Crippen molar-refractivity contribution in [1.82, 2.24) is 4.31 Å². The lowest BCUT2D eigenvalue weighted by atomic mass is 10.1. The molecule has 1 aromatic rings. The standard InChI is InChI=1S/C15H24N2O3S/c1-11-8-14(16)15(9-12(11)2)21(18,19)17(3)6-7-20-10-13-4-5-13/h8-9,13H,4-7,10,16H2,1-3H3. The normalized spacial score (nSPS) is 15.6. The molecule has 1 aliphatic carbocycles. The fourth-order valence-electron chi connectivity index (χ4n) is 2.05. The Morgan fingerprint density at radius 3 is 2.52 bits per heavy atom. The second-order valence-electron chi connectivity index (χ2n) is 5.82. The van der Waals surface area contributed by atoms with Gasteiger partial charge in [0.2, 0.25) is 10.0 Å². The number of nitrogens with zero attached hydrogens (tertiary/aromatic N) is 1. The van der Waals surface area contributed by atoms with Gasteiger partial charge in [0.25, 0.3) is 0 Å². The third kappa shape index (κ3) is 3.96. The lowest BCUT2D eigenvalue weighted by Crippen LogP contribution is -2.31. The largest absolute Gasteiger partial charge is 0.398 e. The van der Waals surface area contributed by atoms with E-state index in [1.165, 1.54) is 17.1 Å². The van der Waals surface area contributed by atoms with Crippen molar-refractivity contribution in [3.8, 4) is 0 Å². The summed E-state index contributed by atoms with van der Waals surface area (Å²) in [6.07, 6.45) is 2.46. The van der Waals surface area contributed by atoms with Gasteiger partial charge in [0.1, 0.15) is 4.90 Å². The minimum absolute atomic E-state index is 0.176. The van der Waals surface area contributed by atoms with E-state index in [9.17, 15) is 8.42 Å². The Bertz CT molecular complexity index is 610. The molecule has 0 amide bonds. The predicted octanol–water partition coefficient (Wildman–Crippen LogP) is 1.93.